The topological polar surface area (TPSA) is 29.3 Å². The molecule has 0 saturated heterocycles. The summed E-state index contributed by atoms with van der Waals surface area (Å²) >= 11 is 0. The largest absolute Gasteiger partial charge is 0.330 e. The first kappa shape index (κ1) is 19.1. The number of hydrogen-bond acceptors (Lipinski definition) is 2. The Balaban J connectivity index is 0. The summed E-state index contributed by atoms with van der Waals surface area (Å²) < 4.78 is 0. The fourth-order valence-corrected chi connectivity index (χ4v) is 1.54. The van der Waals surface area contributed by atoms with E-state index in [1.54, 1.807) is 0 Å². The molecule has 2 atom stereocenters. The first-order valence-corrected chi connectivity index (χ1v) is 5.52. The van der Waals surface area contributed by atoms with E-state index in [1.807, 2.05) is 0 Å². The van der Waals surface area contributed by atoms with E-state index < -0.39 is 0 Å². The minimum atomic E-state index is 0. The van der Waals surface area contributed by atoms with Crippen LogP contribution in [0.3, 0.4) is 0 Å². The highest BCUT2D eigenvalue weighted by atomic mass is 35.5. The third kappa shape index (κ3) is 5.26. The predicted octanol–water partition coefficient (Wildman–Crippen LogP) is 3.22. The Labute approximate surface area is 117 Å². The molecule has 1 aromatic rings. The Morgan fingerprint density at radius 1 is 1.00 bits per heavy atom. The summed E-state index contributed by atoms with van der Waals surface area (Å²) in [5.41, 5.74) is 8.32. The van der Waals surface area contributed by atoms with Gasteiger partial charge in [-0.2, -0.15) is 0 Å². The first-order valence-electron chi connectivity index (χ1n) is 5.52. The molecule has 0 heterocycles. The Morgan fingerprint density at radius 3 is 1.76 bits per heavy atom. The summed E-state index contributed by atoms with van der Waals surface area (Å²) in [7, 11) is 4.20. The fourth-order valence-electron chi connectivity index (χ4n) is 1.54. The van der Waals surface area contributed by atoms with Gasteiger partial charge in [0.05, 0.1) is 0 Å². The summed E-state index contributed by atoms with van der Waals surface area (Å²) in [5.74, 6) is 0.453. The van der Waals surface area contributed by atoms with Crippen LogP contribution in [0.2, 0.25) is 0 Å². The van der Waals surface area contributed by atoms with Crippen molar-refractivity contribution in [3.63, 3.8) is 0 Å². The van der Waals surface area contributed by atoms with Crippen LogP contribution in [-0.2, 0) is 0 Å². The summed E-state index contributed by atoms with van der Waals surface area (Å²) in [5, 5.41) is 0. The SMILES string of the molecule is CC(CN)c1ccc(C(C)N(C)C)cc1.Cl.Cl. The lowest BCUT2D eigenvalue weighted by atomic mass is 9.98. The smallest absolute Gasteiger partial charge is 0.0313 e. The van der Waals surface area contributed by atoms with Crippen LogP contribution < -0.4 is 5.73 Å². The van der Waals surface area contributed by atoms with Gasteiger partial charge in [0.25, 0.3) is 0 Å². The summed E-state index contributed by atoms with van der Waals surface area (Å²) in [6.07, 6.45) is 0. The van der Waals surface area contributed by atoms with Crippen molar-refractivity contribution >= 4 is 24.8 Å². The minimum Gasteiger partial charge on any atom is -0.330 e. The second-order valence-corrected chi connectivity index (χ2v) is 4.44. The van der Waals surface area contributed by atoms with E-state index >= 15 is 0 Å². The van der Waals surface area contributed by atoms with E-state index in [0.29, 0.717) is 18.5 Å². The lowest BCUT2D eigenvalue weighted by molar-refractivity contribution is 0.321. The maximum atomic E-state index is 5.64. The maximum Gasteiger partial charge on any atom is 0.0313 e. The van der Waals surface area contributed by atoms with Gasteiger partial charge < -0.3 is 10.6 Å². The fraction of sp³-hybridized carbons (Fsp3) is 0.538. The van der Waals surface area contributed by atoms with Crippen molar-refractivity contribution < 1.29 is 0 Å². The van der Waals surface area contributed by atoms with Gasteiger partial charge in [0.15, 0.2) is 0 Å². The van der Waals surface area contributed by atoms with Crippen molar-refractivity contribution in [2.24, 2.45) is 5.73 Å². The van der Waals surface area contributed by atoms with Crippen molar-refractivity contribution in [1.82, 2.24) is 4.90 Å². The lowest BCUT2D eigenvalue weighted by Gasteiger charge is -2.20. The van der Waals surface area contributed by atoms with Crippen LogP contribution in [0.1, 0.15) is 36.9 Å². The molecule has 1 aromatic carbocycles. The summed E-state index contributed by atoms with van der Waals surface area (Å²) in [4.78, 5) is 2.21. The lowest BCUT2D eigenvalue weighted by Crippen LogP contribution is -2.16. The van der Waals surface area contributed by atoms with Gasteiger partial charge in [-0.3, -0.25) is 0 Å². The second-order valence-electron chi connectivity index (χ2n) is 4.44. The van der Waals surface area contributed by atoms with Crippen LogP contribution in [0.25, 0.3) is 0 Å². The highest BCUT2D eigenvalue weighted by Gasteiger charge is 2.08. The number of rotatable bonds is 4. The first-order chi connectivity index (χ1) is 7.06. The standard InChI is InChI=1S/C13H22N2.2ClH/c1-10(9-14)12-5-7-13(8-6-12)11(2)15(3)4;;/h5-8,10-11H,9,14H2,1-4H3;2*1H. The van der Waals surface area contributed by atoms with E-state index in [-0.39, 0.29) is 24.8 Å². The average Bonchev–Trinajstić information content (AvgIpc) is 2.27. The molecule has 1 rings (SSSR count). The molecule has 0 aromatic heterocycles. The molecular formula is C13H24Cl2N2. The van der Waals surface area contributed by atoms with Crippen molar-refractivity contribution in [3.8, 4) is 0 Å². The van der Waals surface area contributed by atoms with Gasteiger partial charge in [-0.15, -0.1) is 24.8 Å². The van der Waals surface area contributed by atoms with Crippen LogP contribution in [-0.4, -0.2) is 25.5 Å². The average molecular weight is 279 g/mol. The molecule has 0 spiro atoms. The zero-order valence-electron chi connectivity index (χ0n) is 11.0. The maximum absolute atomic E-state index is 5.64. The molecule has 17 heavy (non-hydrogen) atoms. The third-order valence-corrected chi connectivity index (χ3v) is 3.12. The molecule has 4 heteroatoms. The zero-order chi connectivity index (χ0) is 11.4. The van der Waals surface area contributed by atoms with E-state index in [4.69, 9.17) is 5.73 Å². The molecule has 2 nitrogen and oxygen atoms in total. The molecule has 0 saturated carbocycles. The van der Waals surface area contributed by atoms with Crippen LogP contribution in [0.4, 0.5) is 0 Å². The number of benzene rings is 1. The van der Waals surface area contributed by atoms with E-state index in [1.165, 1.54) is 11.1 Å². The molecule has 0 amide bonds. The Bertz CT molecular complexity index is 299. The van der Waals surface area contributed by atoms with Gasteiger partial charge in [0, 0.05) is 6.04 Å². The number of nitrogens with zero attached hydrogens (tertiary/aromatic N) is 1. The Hall–Kier alpha value is -0.280. The molecule has 0 aliphatic rings. The minimum absolute atomic E-state index is 0. The van der Waals surface area contributed by atoms with Gasteiger partial charge in [0.1, 0.15) is 0 Å². The van der Waals surface area contributed by atoms with Crippen molar-refractivity contribution in [1.29, 1.82) is 0 Å². The van der Waals surface area contributed by atoms with Crippen LogP contribution in [0, 0.1) is 0 Å². The van der Waals surface area contributed by atoms with Crippen LogP contribution in [0.15, 0.2) is 24.3 Å². The molecule has 100 valence electrons. The second kappa shape index (κ2) is 8.76. The molecular weight excluding hydrogens is 255 g/mol. The number of halogens is 2. The van der Waals surface area contributed by atoms with Gasteiger partial charge in [-0.1, -0.05) is 31.2 Å². The Kier molecular flexibility index (Phi) is 9.82. The highest BCUT2D eigenvalue weighted by Crippen LogP contribution is 2.20. The number of hydrogen-bond donors (Lipinski definition) is 1. The van der Waals surface area contributed by atoms with Gasteiger partial charge >= 0.3 is 0 Å². The monoisotopic (exact) mass is 278 g/mol. The van der Waals surface area contributed by atoms with Crippen LogP contribution >= 0.6 is 24.8 Å². The summed E-state index contributed by atoms with van der Waals surface area (Å²) in [6.45, 7) is 5.08. The number of nitrogens with two attached hydrogens (primary N) is 1. The molecule has 2 unspecified atom stereocenters. The Morgan fingerprint density at radius 2 is 1.41 bits per heavy atom. The molecule has 0 aliphatic heterocycles. The summed E-state index contributed by atoms with van der Waals surface area (Å²) in [6, 6.07) is 9.24. The van der Waals surface area contributed by atoms with Gasteiger partial charge in [-0.05, 0) is 44.6 Å². The predicted molar refractivity (Wildman–Crippen MR) is 80.5 cm³/mol. The molecule has 0 radical (unpaired) electrons. The molecule has 0 aliphatic carbocycles. The van der Waals surface area contributed by atoms with Crippen molar-refractivity contribution in [2.75, 3.05) is 20.6 Å². The van der Waals surface area contributed by atoms with Gasteiger partial charge in [-0.25, -0.2) is 0 Å². The van der Waals surface area contributed by atoms with E-state index in [9.17, 15) is 0 Å². The third-order valence-electron chi connectivity index (χ3n) is 3.12. The molecule has 0 fully saturated rings. The normalized spacial score (nSPS) is 13.5. The highest BCUT2D eigenvalue weighted by molar-refractivity contribution is 5.85. The van der Waals surface area contributed by atoms with E-state index in [2.05, 4.69) is 57.1 Å². The molecule has 2 N–H and O–H groups in total. The van der Waals surface area contributed by atoms with Crippen LogP contribution in [0.5, 0.6) is 0 Å². The van der Waals surface area contributed by atoms with Gasteiger partial charge in [0.2, 0.25) is 0 Å². The quantitative estimate of drug-likeness (QED) is 0.917. The van der Waals surface area contributed by atoms with E-state index in [0.717, 1.165) is 0 Å². The van der Waals surface area contributed by atoms with Crippen molar-refractivity contribution in [3.05, 3.63) is 35.4 Å². The van der Waals surface area contributed by atoms with Crippen molar-refractivity contribution in [2.45, 2.75) is 25.8 Å². The molecule has 0 bridgehead atoms. The zero-order valence-corrected chi connectivity index (χ0v) is 12.6.